The van der Waals surface area contributed by atoms with E-state index in [9.17, 15) is 4.79 Å². The summed E-state index contributed by atoms with van der Waals surface area (Å²) in [6.45, 7) is 0. The number of rotatable bonds is 4. The van der Waals surface area contributed by atoms with Gasteiger partial charge in [-0.1, -0.05) is 86.7 Å². The summed E-state index contributed by atoms with van der Waals surface area (Å²) < 4.78 is 0. The lowest BCUT2D eigenvalue weighted by Gasteiger charge is -2.19. The van der Waals surface area contributed by atoms with E-state index in [-0.39, 0.29) is 17.7 Å². The van der Waals surface area contributed by atoms with Gasteiger partial charge in [0.05, 0.1) is 17.0 Å². The molecule has 0 spiro atoms. The van der Waals surface area contributed by atoms with E-state index in [1.54, 1.807) is 0 Å². The van der Waals surface area contributed by atoms with Crippen LogP contribution in [0.4, 0.5) is 0 Å². The first-order chi connectivity index (χ1) is 15.3. The second-order valence-corrected chi connectivity index (χ2v) is 9.05. The average Bonchev–Trinajstić information content (AvgIpc) is 3.34. The number of nitrogens with zero attached hydrogens (tertiary/aromatic N) is 1. The summed E-state index contributed by atoms with van der Waals surface area (Å²) in [4.78, 5) is 21.7. The summed E-state index contributed by atoms with van der Waals surface area (Å²) in [5.41, 5.74) is 3.02. The van der Waals surface area contributed by atoms with Crippen molar-refractivity contribution in [2.24, 2.45) is 11.8 Å². The van der Waals surface area contributed by atoms with Gasteiger partial charge in [-0.2, -0.15) is 0 Å². The Hall–Kier alpha value is -2.72. The maximum atomic E-state index is 13.6. The highest BCUT2D eigenvalue weighted by Crippen LogP contribution is 2.38. The molecule has 160 valence electrons. The first-order valence-corrected chi connectivity index (χ1v) is 11.8. The number of allylic oxidation sites excluding steroid dienone is 1. The maximum absolute atomic E-state index is 13.6. The number of carbonyl (C=O) groups excluding carboxylic acids is 1. The molecule has 2 N–H and O–H groups in total. The fourth-order valence-electron chi connectivity index (χ4n) is 5.17. The van der Waals surface area contributed by atoms with Crippen molar-refractivity contribution in [3.8, 4) is 0 Å². The molecule has 1 aromatic heterocycles. The third-order valence-corrected chi connectivity index (χ3v) is 6.90. The number of ketones is 1. The van der Waals surface area contributed by atoms with Crippen LogP contribution in [0.25, 0.3) is 11.0 Å². The number of para-hydroxylation sites is 2. The number of aromatic amines is 1. The zero-order chi connectivity index (χ0) is 21.0. The number of carbonyl (C=O) groups is 1. The number of hydrogen-bond acceptors (Lipinski definition) is 3. The van der Waals surface area contributed by atoms with E-state index >= 15 is 0 Å². The first kappa shape index (κ1) is 20.2. The molecule has 3 aromatic rings. The first-order valence-electron chi connectivity index (χ1n) is 11.8. The maximum Gasteiger partial charge on any atom is 0.166 e. The van der Waals surface area contributed by atoms with Crippen molar-refractivity contribution < 1.29 is 4.79 Å². The predicted molar refractivity (Wildman–Crippen MR) is 125 cm³/mol. The molecule has 2 aliphatic rings. The summed E-state index contributed by atoms with van der Waals surface area (Å²) in [5, 5.41) is 3.60. The van der Waals surface area contributed by atoms with Crippen LogP contribution < -0.4 is 5.32 Å². The second-order valence-electron chi connectivity index (χ2n) is 9.05. The Bertz CT molecular complexity index is 1010. The van der Waals surface area contributed by atoms with Crippen molar-refractivity contribution in [3.05, 3.63) is 78.1 Å². The Balaban J connectivity index is 1.43. The molecule has 0 bridgehead atoms. The quantitative estimate of drug-likeness (QED) is 0.512. The van der Waals surface area contributed by atoms with E-state index in [1.165, 1.54) is 44.9 Å². The number of Topliss-reactive ketones (excluding diaryl/α,β-unsaturated/α-hetero) is 1. The third kappa shape index (κ3) is 4.35. The average molecular weight is 414 g/mol. The number of aromatic nitrogens is 2. The fraction of sp³-hybridized carbons (Fsp3) is 0.407. The van der Waals surface area contributed by atoms with Gasteiger partial charge in [0.25, 0.3) is 0 Å². The van der Waals surface area contributed by atoms with Crippen LogP contribution >= 0.6 is 0 Å². The highest BCUT2D eigenvalue weighted by atomic mass is 16.1. The lowest BCUT2D eigenvalue weighted by atomic mass is 9.87. The molecular weight excluding hydrogens is 382 g/mol. The predicted octanol–water partition coefficient (Wildman–Crippen LogP) is 6.05. The smallest absolute Gasteiger partial charge is 0.166 e. The summed E-state index contributed by atoms with van der Waals surface area (Å²) in [5.74, 6) is 1.34. The summed E-state index contributed by atoms with van der Waals surface area (Å²) in [6.07, 6.45) is 13.7. The van der Waals surface area contributed by atoms with Gasteiger partial charge in [-0.15, -0.1) is 0 Å². The number of nitrogens with one attached hydrogen (secondary N) is 2. The Morgan fingerprint density at radius 1 is 0.839 bits per heavy atom. The lowest BCUT2D eigenvalue weighted by Crippen LogP contribution is -2.21. The molecule has 1 aliphatic carbocycles. The highest BCUT2D eigenvalue weighted by molar-refractivity contribution is 5.92. The zero-order valence-electron chi connectivity index (χ0n) is 18.0. The van der Waals surface area contributed by atoms with E-state index in [2.05, 4.69) is 34.6 Å². The van der Waals surface area contributed by atoms with Gasteiger partial charge in [-0.25, -0.2) is 4.98 Å². The molecule has 31 heavy (non-hydrogen) atoms. The monoisotopic (exact) mass is 413 g/mol. The molecule has 1 saturated carbocycles. The molecular formula is C27H31N3O. The normalized spacial score (nSPS) is 25.8. The Kier molecular flexibility index (Phi) is 5.99. The zero-order valence-corrected chi connectivity index (χ0v) is 18.0. The lowest BCUT2D eigenvalue weighted by molar-refractivity contribution is -0.121. The number of H-pyrrole nitrogens is 1. The number of hydrogen-bond donors (Lipinski definition) is 2. The van der Waals surface area contributed by atoms with Crippen molar-refractivity contribution in [3.63, 3.8) is 0 Å². The van der Waals surface area contributed by atoms with Crippen LogP contribution in [0.1, 0.15) is 68.4 Å². The van der Waals surface area contributed by atoms with Crippen LogP contribution in [-0.2, 0) is 4.79 Å². The number of benzene rings is 2. The topological polar surface area (TPSA) is 57.8 Å². The van der Waals surface area contributed by atoms with E-state index in [0.717, 1.165) is 16.6 Å². The minimum atomic E-state index is -0.412. The molecule has 5 rings (SSSR count). The Labute approximate surface area is 184 Å². The summed E-state index contributed by atoms with van der Waals surface area (Å²) in [6, 6.07) is 17.9. The fourth-order valence-corrected chi connectivity index (χ4v) is 5.17. The SMILES string of the molecule is O=C1C(c2nc3ccccc3[nH]2)NC(c2ccccc2)C1/C=C\C1CCCCCCC1. The Morgan fingerprint density at radius 2 is 1.55 bits per heavy atom. The molecule has 2 heterocycles. The minimum absolute atomic E-state index is 0.0308. The van der Waals surface area contributed by atoms with Crippen molar-refractivity contribution in [2.45, 2.75) is 57.0 Å². The van der Waals surface area contributed by atoms with Gasteiger partial charge in [-0.3, -0.25) is 10.1 Å². The molecule has 1 saturated heterocycles. The van der Waals surface area contributed by atoms with Gasteiger partial charge in [0.1, 0.15) is 11.9 Å². The molecule has 1 aliphatic heterocycles. The van der Waals surface area contributed by atoms with Crippen molar-refractivity contribution in [1.29, 1.82) is 0 Å². The molecule has 4 nitrogen and oxygen atoms in total. The van der Waals surface area contributed by atoms with Crippen LogP contribution in [0.3, 0.4) is 0 Å². The standard InChI is InChI=1S/C27H31N3O/c31-26-21(18-17-19-11-5-2-1-3-6-12-19)24(20-13-7-4-8-14-20)30-25(26)27-28-22-15-9-10-16-23(22)29-27/h4,7-10,13-19,21,24-25,30H,1-3,5-6,11-12H2,(H,28,29)/b18-17-. The largest absolute Gasteiger partial charge is 0.340 e. The van der Waals surface area contributed by atoms with E-state index in [1.807, 2.05) is 42.5 Å². The van der Waals surface area contributed by atoms with Crippen molar-refractivity contribution in [1.82, 2.24) is 15.3 Å². The Morgan fingerprint density at radius 3 is 2.32 bits per heavy atom. The van der Waals surface area contributed by atoms with Crippen LogP contribution in [-0.4, -0.2) is 15.8 Å². The molecule has 2 aromatic carbocycles. The van der Waals surface area contributed by atoms with Gasteiger partial charge < -0.3 is 4.98 Å². The second kappa shape index (κ2) is 9.19. The van der Waals surface area contributed by atoms with Crippen LogP contribution in [0.5, 0.6) is 0 Å². The van der Waals surface area contributed by atoms with Crippen LogP contribution in [0.2, 0.25) is 0 Å². The minimum Gasteiger partial charge on any atom is -0.340 e. The molecule has 4 heteroatoms. The van der Waals surface area contributed by atoms with Crippen molar-refractivity contribution >= 4 is 16.8 Å². The van der Waals surface area contributed by atoms with E-state index in [0.29, 0.717) is 11.7 Å². The van der Waals surface area contributed by atoms with Gasteiger partial charge in [0, 0.05) is 6.04 Å². The third-order valence-electron chi connectivity index (χ3n) is 6.90. The van der Waals surface area contributed by atoms with E-state index in [4.69, 9.17) is 4.98 Å². The van der Waals surface area contributed by atoms with E-state index < -0.39 is 6.04 Å². The van der Waals surface area contributed by atoms with Crippen molar-refractivity contribution in [2.75, 3.05) is 0 Å². The molecule has 0 amide bonds. The highest BCUT2D eigenvalue weighted by Gasteiger charge is 2.43. The van der Waals surface area contributed by atoms with Gasteiger partial charge in [-0.05, 0) is 36.5 Å². The molecule has 3 atom stereocenters. The van der Waals surface area contributed by atoms with Gasteiger partial charge >= 0.3 is 0 Å². The summed E-state index contributed by atoms with van der Waals surface area (Å²) >= 11 is 0. The molecule has 0 radical (unpaired) electrons. The summed E-state index contributed by atoms with van der Waals surface area (Å²) in [7, 11) is 0. The van der Waals surface area contributed by atoms with Crippen LogP contribution in [0, 0.1) is 11.8 Å². The molecule has 3 unspecified atom stereocenters. The number of fused-ring (bicyclic) bond motifs is 1. The van der Waals surface area contributed by atoms with Gasteiger partial charge in [0.2, 0.25) is 0 Å². The molecule has 2 fully saturated rings. The number of imidazole rings is 1. The van der Waals surface area contributed by atoms with Crippen LogP contribution in [0.15, 0.2) is 66.7 Å². The van der Waals surface area contributed by atoms with Gasteiger partial charge in [0.15, 0.2) is 5.78 Å².